The molecule has 2 aromatic rings. The van der Waals surface area contributed by atoms with Gasteiger partial charge < -0.3 is 0 Å². The fourth-order valence-corrected chi connectivity index (χ4v) is 5.85. The highest BCUT2D eigenvalue weighted by atomic mass is 32.2. The molecule has 0 unspecified atom stereocenters. The molecule has 2 rings (SSSR count). The summed E-state index contributed by atoms with van der Waals surface area (Å²) in [5, 5.41) is 0. The van der Waals surface area contributed by atoms with Crippen molar-refractivity contribution in [2.45, 2.75) is 39.5 Å². The standard InChI is InChI=1S/C18H20F3NO6S3/c1-17(2,30(25,26)16-6-4-5-13(11-16)18(19,20)21)12-22-31(27,28)15-9-7-14(8-10-15)29(3,23)24/h4-11,22H,12H2,1-3H3. The highest BCUT2D eigenvalue weighted by Gasteiger charge is 2.39. The molecule has 31 heavy (non-hydrogen) atoms. The quantitative estimate of drug-likeness (QED) is 0.627. The van der Waals surface area contributed by atoms with Crippen LogP contribution in [0.15, 0.2) is 63.2 Å². The van der Waals surface area contributed by atoms with Gasteiger partial charge in [0.2, 0.25) is 10.0 Å². The Morgan fingerprint density at radius 2 is 1.32 bits per heavy atom. The Hall–Kier alpha value is -1.96. The van der Waals surface area contributed by atoms with Crippen molar-refractivity contribution < 1.29 is 38.4 Å². The molecule has 0 aromatic heterocycles. The summed E-state index contributed by atoms with van der Waals surface area (Å²) in [5.74, 6) is 0. The van der Waals surface area contributed by atoms with Crippen molar-refractivity contribution >= 4 is 29.7 Å². The molecule has 0 amide bonds. The number of sulfone groups is 2. The average Bonchev–Trinajstić information content (AvgIpc) is 2.65. The molecule has 0 radical (unpaired) electrons. The first-order chi connectivity index (χ1) is 13.9. The molecule has 172 valence electrons. The van der Waals surface area contributed by atoms with E-state index in [9.17, 15) is 38.4 Å². The predicted molar refractivity (Wildman–Crippen MR) is 107 cm³/mol. The van der Waals surface area contributed by atoms with E-state index in [-0.39, 0.29) is 9.79 Å². The number of halogens is 3. The first-order valence-electron chi connectivity index (χ1n) is 8.60. The van der Waals surface area contributed by atoms with Gasteiger partial charge in [0.1, 0.15) is 0 Å². The van der Waals surface area contributed by atoms with Crippen molar-refractivity contribution in [2.75, 3.05) is 12.8 Å². The third-order valence-corrected chi connectivity index (χ3v) is 9.47. The van der Waals surface area contributed by atoms with Crippen molar-refractivity contribution in [3.63, 3.8) is 0 Å². The van der Waals surface area contributed by atoms with Crippen LogP contribution in [-0.4, -0.2) is 42.8 Å². The fraction of sp³-hybridized carbons (Fsp3) is 0.333. The molecular weight excluding hydrogens is 479 g/mol. The van der Waals surface area contributed by atoms with Crippen molar-refractivity contribution in [1.29, 1.82) is 0 Å². The second kappa shape index (κ2) is 8.19. The Balaban J connectivity index is 2.29. The van der Waals surface area contributed by atoms with Gasteiger partial charge in [-0.25, -0.2) is 30.0 Å². The molecule has 2 aromatic carbocycles. The SMILES string of the molecule is CC(C)(CNS(=O)(=O)c1ccc(S(C)(=O)=O)cc1)S(=O)(=O)c1cccc(C(F)(F)F)c1. The van der Waals surface area contributed by atoms with E-state index in [0.717, 1.165) is 48.7 Å². The molecule has 0 saturated heterocycles. The molecule has 13 heteroatoms. The van der Waals surface area contributed by atoms with E-state index in [2.05, 4.69) is 4.72 Å². The predicted octanol–water partition coefficient (Wildman–Crippen LogP) is 2.64. The number of rotatable bonds is 7. The summed E-state index contributed by atoms with van der Waals surface area (Å²) in [6, 6.07) is 7.47. The van der Waals surface area contributed by atoms with Gasteiger partial charge in [-0.3, -0.25) is 0 Å². The normalized spacial score (nSPS) is 13.9. The molecule has 0 aliphatic heterocycles. The molecule has 0 bridgehead atoms. The maximum absolute atomic E-state index is 12.9. The van der Waals surface area contributed by atoms with Gasteiger partial charge >= 0.3 is 6.18 Å². The lowest BCUT2D eigenvalue weighted by Gasteiger charge is -2.25. The van der Waals surface area contributed by atoms with Crippen LogP contribution in [0.1, 0.15) is 19.4 Å². The summed E-state index contributed by atoms with van der Waals surface area (Å²) in [7, 11) is -12.1. The van der Waals surface area contributed by atoms with Crippen LogP contribution in [-0.2, 0) is 35.9 Å². The molecule has 1 N–H and O–H groups in total. The van der Waals surface area contributed by atoms with Gasteiger partial charge in [-0.1, -0.05) is 6.07 Å². The van der Waals surface area contributed by atoms with Crippen molar-refractivity contribution in [2.24, 2.45) is 0 Å². The first kappa shape index (κ1) is 25.3. The lowest BCUT2D eigenvalue weighted by atomic mass is 10.2. The molecule has 0 spiro atoms. The van der Waals surface area contributed by atoms with Gasteiger partial charge in [-0.2, -0.15) is 13.2 Å². The second-order valence-electron chi connectivity index (χ2n) is 7.36. The summed E-state index contributed by atoms with van der Waals surface area (Å²) in [6.45, 7) is 1.72. The van der Waals surface area contributed by atoms with E-state index in [0.29, 0.717) is 6.07 Å². The molecule has 0 atom stereocenters. The van der Waals surface area contributed by atoms with Gasteiger partial charge in [0, 0.05) is 12.8 Å². The molecule has 0 heterocycles. The minimum atomic E-state index is -4.74. The maximum Gasteiger partial charge on any atom is 0.416 e. The number of alkyl halides is 3. The van der Waals surface area contributed by atoms with Crippen LogP contribution in [0.5, 0.6) is 0 Å². The van der Waals surface area contributed by atoms with Crippen LogP contribution < -0.4 is 4.72 Å². The number of sulfonamides is 1. The maximum atomic E-state index is 12.9. The molecule has 7 nitrogen and oxygen atoms in total. The Labute approximate surface area is 179 Å². The van der Waals surface area contributed by atoms with Crippen LogP contribution in [0.4, 0.5) is 13.2 Å². The van der Waals surface area contributed by atoms with Gasteiger partial charge in [0.15, 0.2) is 19.7 Å². The monoisotopic (exact) mass is 499 g/mol. The summed E-state index contributed by atoms with van der Waals surface area (Å²) >= 11 is 0. The summed E-state index contributed by atoms with van der Waals surface area (Å²) in [5.41, 5.74) is -1.14. The zero-order chi connectivity index (χ0) is 23.9. The topological polar surface area (TPSA) is 114 Å². The van der Waals surface area contributed by atoms with Crippen LogP contribution in [0.3, 0.4) is 0 Å². The largest absolute Gasteiger partial charge is 0.416 e. The van der Waals surface area contributed by atoms with E-state index in [1.807, 2.05) is 0 Å². The van der Waals surface area contributed by atoms with E-state index in [1.165, 1.54) is 13.8 Å². The van der Waals surface area contributed by atoms with E-state index >= 15 is 0 Å². The van der Waals surface area contributed by atoms with Gasteiger partial charge in [0.25, 0.3) is 0 Å². The van der Waals surface area contributed by atoms with Crippen LogP contribution in [0, 0.1) is 0 Å². The Bertz CT molecular complexity index is 1280. The molecule has 0 aliphatic rings. The Morgan fingerprint density at radius 3 is 1.81 bits per heavy atom. The fourth-order valence-electron chi connectivity index (χ4n) is 2.47. The van der Waals surface area contributed by atoms with Crippen molar-refractivity contribution in [3.8, 4) is 0 Å². The number of nitrogens with one attached hydrogen (secondary N) is 1. The van der Waals surface area contributed by atoms with Gasteiger partial charge in [-0.15, -0.1) is 0 Å². The van der Waals surface area contributed by atoms with Crippen LogP contribution in [0.25, 0.3) is 0 Å². The highest BCUT2D eigenvalue weighted by Crippen LogP contribution is 2.33. The molecule has 0 saturated carbocycles. The summed E-state index contributed by atoms with van der Waals surface area (Å²) in [6.07, 6.45) is -3.79. The zero-order valence-electron chi connectivity index (χ0n) is 16.6. The first-order valence-corrected chi connectivity index (χ1v) is 13.5. The molecule has 0 fully saturated rings. The average molecular weight is 500 g/mol. The third kappa shape index (κ3) is 5.64. The van der Waals surface area contributed by atoms with Crippen molar-refractivity contribution in [1.82, 2.24) is 4.72 Å². The van der Waals surface area contributed by atoms with Crippen molar-refractivity contribution in [3.05, 3.63) is 54.1 Å². The Kier molecular flexibility index (Phi) is 6.68. The minimum absolute atomic E-state index is 0.0982. The second-order valence-corrected chi connectivity index (χ2v) is 13.7. The smallest absolute Gasteiger partial charge is 0.224 e. The highest BCUT2D eigenvalue weighted by molar-refractivity contribution is 7.93. The molecular formula is C18H20F3NO6S3. The number of benzene rings is 2. The van der Waals surface area contributed by atoms with E-state index in [4.69, 9.17) is 0 Å². The van der Waals surface area contributed by atoms with E-state index in [1.54, 1.807) is 0 Å². The lowest BCUT2D eigenvalue weighted by Crippen LogP contribution is -2.44. The Morgan fingerprint density at radius 1 is 0.806 bits per heavy atom. The number of hydrogen-bond donors (Lipinski definition) is 1. The van der Waals surface area contributed by atoms with E-state index < -0.39 is 57.6 Å². The zero-order valence-corrected chi connectivity index (χ0v) is 19.1. The van der Waals surface area contributed by atoms with Crippen LogP contribution in [0.2, 0.25) is 0 Å². The minimum Gasteiger partial charge on any atom is -0.224 e. The molecule has 0 aliphatic carbocycles. The summed E-state index contributed by atoms with van der Waals surface area (Å²) < 4.78 is 113. The number of hydrogen-bond acceptors (Lipinski definition) is 6. The summed E-state index contributed by atoms with van der Waals surface area (Å²) in [4.78, 5) is -0.991. The van der Waals surface area contributed by atoms with Crippen LogP contribution >= 0.6 is 0 Å². The van der Waals surface area contributed by atoms with Gasteiger partial charge in [-0.05, 0) is 56.3 Å². The third-order valence-electron chi connectivity index (χ3n) is 4.45. The van der Waals surface area contributed by atoms with Gasteiger partial charge in [0.05, 0.1) is 25.0 Å². The lowest BCUT2D eigenvalue weighted by molar-refractivity contribution is -0.137.